The van der Waals surface area contributed by atoms with Crippen molar-refractivity contribution >= 4 is 5.57 Å². The maximum absolute atomic E-state index is 8.70. The maximum atomic E-state index is 8.70. The minimum absolute atomic E-state index is 0.303. The molecule has 14 heavy (non-hydrogen) atoms. The molecule has 0 spiro atoms. The highest BCUT2D eigenvalue weighted by Crippen LogP contribution is 2.13. The zero-order valence-corrected chi connectivity index (χ0v) is 7.23. The molecule has 0 heterocycles. The fourth-order valence-electron chi connectivity index (χ4n) is 0.969. The number of nitriles is 3. The molecule has 1 rings (SSSR count). The number of rotatable bonds is 1. The van der Waals surface area contributed by atoms with Gasteiger partial charge in [-0.15, -0.1) is 0 Å². The normalized spacial score (nSPS) is 9.64. The van der Waals surface area contributed by atoms with Crippen LogP contribution in [0.5, 0.6) is 0 Å². The summed E-state index contributed by atoms with van der Waals surface area (Å²) in [4.78, 5) is 0. The van der Waals surface area contributed by atoms with Crippen molar-refractivity contribution in [2.45, 2.75) is 0 Å². The van der Waals surface area contributed by atoms with E-state index in [1.54, 1.807) is 30.3 Å². The quantitative estimate of drug-likeness (QED) is 0.619. The molecule has 3 nitrogen and oxygen atoms in total. The predicted molar refractivity (Wildman–Crippen MR) is 50.4 cm³/mol. The van der Waals surface area contributed by atoms with E-state index in [0.29, 0.717) is 16.7 Å². The third-order valence-corrected chi connectivity index (χ3v) is 1.65. The molecule has 0 fully saturated rings. The molecule has 0 amide bonds. The summed E-state index contributed by atoms with van der Waals surface area (Å²) in [7, 11) is 0. The Bertz CT molecular complexity index is 475. The summed E-state index contributed by atoms with van der Waals surface area (Å²) >= 11 is 0. The lowest BCUT2D eigenvalue weighted by molar-refractivity contribution is 1.47. The lowest BCUT2D eigenvalue weighted by atomic mass is 10.1. The lowest BCUT2D eigenvalue weighted by Crippen LogP contribution is -1.81. The van der Waals surface area contributed by atoms with Crippen molar-refractivity contribution < 1.29 is 0 Å². The molecule has 1 aromatic rings. The Morgan fingerprint density at radius 3 is 2.14 bits per heavy atom. The van der Waals surface area contributed by atoms with Crippen LogP contribution in [-0.4, -0.2) is 0 Å². The Morgan fingerprint density at radius 2 is 1.71 bits per heavy atom. The monoisotopic (exact) mass is 179 g/mol. The molecule has 0 unspecified atom stereocenters. The third-order valence-electron chi connectivity index (χ3n) is 1.65. The third kappa shape index (κ3) is 1.97. The summed E-state index contributed by atoms with van der Waals surface area (Å²) in [6.07, 6.45) is 1.18. The molecule has 0 radical (unpaired) electrons. The number of allylic oxidation sites excluding steroid dienone is 2. The minimum atomic E-state index is 0.303. The van der Waals surface area contributed by atoms with Gasteiger partial charge in [0.05, 0.1) is 23.3 Å². The first kappa shape index (κ1) is 9.52. The van der Waals surface area contributed by atoms with Crippen molar-refractivity contribution in [2.75, 3.05) is 0 Å². The molecule has 0 atom stereocenters. The van der Waals surface area contributed by atoms with Gasteiger partial charge in [-0.25, -0.2) is 0 Å². The van der Waals surface area contributed by atoms with E-state index in [-0.39, 0.29) is 0 Å². The van der Waals surface area contributed by atoms with Crippen LogP contribution < -0.4 is 0 Å². The van der Waals surface area contributed by atoms with E-state index in [0.717, 1.165) is 0 Å². The summed E-state index contributed by atoms with van der Waals surface area (Å²) < 4.78 is 0. The van der Waals surface area contributed by atoms with Gasteiger partial charge in [-0.05, 0) is 17.7 Å². The van der Waals surface area contributed by atoms with Crippen LogP contribution >= 0.6 is 0 Å². The fraction of sp³-hybridized carbons (Fsp3) is 0. The largest absolute Gasteiger partial charge is 0.193 e. The van der Waals surface area contributed by atoms with Crippen molar-refractivity contribution in [3.8, 4) is 18.2 Å². The van der Waals surface area contributed by atoms with Crippen molar-refractivity contribution in [3.63, 3.8) is 0 Å². The first-order valence-electron chi connectivity index (χ1n) is 3.82. The molecule has 0 N–H and O–H groups in total. The molecule has 0 aliphatic rings. The van der Waals surface area contributed by atoms with Gasteiger partial charge in [-0.3, -0.25) is 0 Å². The van der Waals surface area contributed by atoms with Crippen LogP contribution in [-0.2, 0) is 0 Å². The Labute approximate surface area is 81.7 Å². The highest BCUT2D eigenvalue weighted by atomic mass is 14.3. The topological polar surface area (TPSA) is 71.4 Å². The van der Waals surface area contributed by atoms with Gasteiger partial charge < -0.3 is 0 Å². The van der Waals surface area contributed by atoms with Gasteiger partial charge in [0, 0.05) is 6.08 Å². The van der Waals surface area contributed by atoms with Crippen LogP contribution in [0.1, 0.15) is 11.1 Å². The SMILES string of the molecule is N#C/C=C(/C#N)c1ccc(C#N)cc1. The lowest BCUT2D eigenvalue weighted by Gasteiger charge is -1.95. The van der Waals surface area contributed by atoms with Crippen LogP contribution in [0.3, 0.4) is 0 Å². The number of hydrogen-bond acceptors (Lipinski definition) is 3. The van der Waals surface area contributed by atoms with Gasteiger partial charge in [-0.2, -0.15) is 15.8 Å². The minimum Gasteiger partial charge on any atom is -0.193 e. The highest BCUT2D eigenvalue weighted by Gasteiger charge is 1.99. The maximum Gasteiger partial charge on any atom is 0.101 e. The summed E-state index contributed by atoms with van der Waals surface area (Å²) in [6.45, 7) is 0. The predicted octanol–water partition coefficient (Wildman–Crippen LogP) is 1.99. The fourth-order valence-corrected chi connectivity index (χ4v) is 0.969. The summed E-state index contributed by atoms with van der Waals surface area (Å²) in [5.41, 5.74) is 1.48. The van der Waals surface area contributed by atoms with Gasteiger partial charge in [0.25, 0.3) is 0 Å². The van der Waals surface area contributed by atoms with Gasteiger partial charge in [0.15, 0.2) is 0 Å². The van der Waals surface area contributed by atoms with E-state index in [1.807, 2.05) is 12.1 Å². The summed E-state index contributed by atoms with van der Waals surface area (Å²) in [6, 6.07) is 12.2. The van der Waals surface area contributed by atoms with Crippen molar-refractivity contribution in [2.24, 2.45) is 0 Å². The molecular formula is C11H5N3. The summed E-state index contributed by atoms with van der Waals surface area (Å²) in [5.74, 6) is 0. The number of benzene rings is 1. The zero-order valence-electron chi connectivity index (χ0n) is 7.23. The second-order valence-corrected chi connectivity index (χ2v) is 2.49. The Kier molecular flexibility index (Phi) is 3.03. The second-order valence-electron chi connectivity index (χ2n) is 2.49. The van der Waals surface area contributed by atoms with Crippen LogP contribution in [0, 0.1) is 34.0 Å². The standard InChI is InChI=1S/C11H5N3/c12-6-5-11(8-14)10-3-1-9(7-13)2-4-10/h1-5H/b11-5-. The van der Waals surface area contributed by atoms with Crippen LogP contribution in [0.15, 0.2) is 30.3 Å². The molecule has 1 aromatic carbocycles. The van der Waals surface area contributed by atoms with Gasteiger partial charge in [0.1, 0.15) is 6.07 Å². The van der Waals surface area contributed by atoms with Crippen molar-refractivity contribution in [1.29, 1.82) is 15.8 Å². The van der Waals surface area contributed by atoms with E-state index in [9.17, 15) is 0 Å². The zero-order chi connectivity index (χ0) is 10.4. The highest BCUT2D eigenvalue weighted by molar-refractivity contribution is 5.78. The molecule has 0 aliphatic heterocycles. The molecule has 0 bridgehead atoms. The number of nitrogens with zero attached hydrogens (tertiary/aromatic N) is 3. The molecule has 0 aromatic heterocycles. The van der Waals surface area contributed by atoms with Crippen LogP contribution in [0.4, 0.5) is 0 Å². The van der Waals surface area contributed by atoms with Gasteiger partial charge in [-0.1, -0.05) is 12.1 Å². The first-order chi connectivity index (χ1) is 6.81. The van der Waals surface area contributed by atoms with Crippen LogP contribution in [0.25, 0.3) is 5.57 Å². The molecule has 64 valence electrons. The van der Waals surface area contributed by atoms with E-state index in [1.165, 1.54) is 6.08 Å². The Morgan fingerprint density at radius 1 is 1.07 bits per heavy atom. The Balaban J connectivity index is 3.12. The van der Waals surface area contributed by atoms with E-state index < -0.39 is 0 Å². The molecule has 3 heteroatoms. The van der Waals surface area contributed by atoms with Crippen molar-refractivity contribution in [3.05, 3.63) is 41.5 Å². The first-order valence-corrected chi connectivity index (χ1v) is 3.82. The van der Waals surface area contributed by atoms with Crippen molar-refractivity contribution in [1.82, 2.24) is 0 Å². The molecule has 0 saturated carbocycles. The van der Waals surface area contributed by atoms with E-state index >= 15 is 0 Å². The van der Waals surface area contributed by atoms with Crippen LogP contribution in [0.2, 0.25) is 0 Å². The van der Waals surface area contributed by atoms with Gasteiger partial charge in [0.2, 0.25) is 0 Å². The smallest absolute Gasteiger partial charge is 0.101 e. The summed E-state index contributed by atoms with van der Waals surface area (Å²) in [5, 5.41) is 25.6. The van der Waals surface area contributed by atoms with E-state index in [4.69, 9.17) is 15.8 Å². The average molecular weight is 179 g/mol. The second kappa shape index (κ2) is 4.45. The molecular weight excluding hydrogens is 174 g/mol. The van der Waals surface area contributed by atoms with Gasteiger partial charge >= 0.3 is 0 Å². The Hall–Kier alpha value is -2.57. The number of hydrogen-bond donors (Lipinski definition) is 0. The molecule has 0 saturated heterocycles. The average Bonchev–Trinajstić information content (AvgIpc) is 2.26. The van der Waals surface area contributed by atoms with E-state index in [2.05, 4.69) is 0 Å². The molecule has 0 aliphatic carbocycles.